The predicted molar refractivity (Wildman–Crippen MR) is 65.9 cm³/mol. The fourth-order valence-electron chi connectivity index (χ4n) is 3.49. The highest BCUT2D eigenvalue weighted by Crippen LogP contribution is 2.41. The maximum Gasteiger partial charge on any atom is 0.0126 e. The van der Waals surface area contributed by atoms with Crippen molar-refractivity contribution in [2.45, 2.75) is 64.8 Å². The SMILES string of the molecule is CCCNC(C1CCC1)C1CCCC1C. The van der Waals surface area contributed by atoms with Crippen LogP contribution < -0.4 is 5.32 Å². The Morgan fingerprint density at radius 3 is 2.33 bits per heavy atom. The standard InChI is InChI=1S/C14H27N/c1-3-10-15-14(12-7-5-8-12)13-9-4-6-11(13)2/h11-15H,3-10H2,1-2H3. The lowest BCUT2D eigenvalue weighted by atomic mass is 9.72. The average molecular weight is 209 g/mol. The summed E-state index contributed by atoms with van der Waals surface area (Å²) in [4.78, 5) is 0. The van der Waals surface area contributed by atoms with Gasteiger partial charge in [0.15, 0.2) is 0 Å². The molecule has 2 fully saturated rings. The van der Waals surface area contributed by atoms with Gasteiger partial charge in [0.25, 0.3) is 0 Å². The summed E-state index contributed by atoms with van der Waals surface area (Å²) < 4.78 is 0. The topological polar surface area (TPSA) is 12.0 Å². The maximum absolute atomic E-state index is 3.84. The van der Waals surface area contributed by atoms with Gasteiger partial charge in [0.1, 0.15) is 0 Å². The summed E-state index contributed by atoms with van der Waals surface area (Å²) in [5, 5.41) is 3.84. The minimum Gasteiger partial charge on any atom is -0.313 e. The molecule has 88 valence electrons. The van der Waals surface area contributed by atoms with E-state index in [2.05, 4.69) is 19.2 Å². The lowest BCUT2D eigenvalue weighted by molar-refractivity contribution is 0.154. The summed E-state index contributed by atoms with van der Waals surface area (Å²) in [6.07, 6.45) is 10.2. The van der Waals surface area contributed by atoms with Crippen molar-refractivity contribution in [3.8, 4) is 0 Å². The van der Waals surface area contributed by atoms with Crippen molar-refractivity contribution in [1.82, 2.24) is 5.32 Å². The van der Waals surface area contributed by atoms with Crippen LogP contribution in [0.2, 0.25) is 0 Å². The molecule has 0 heterocycles. The molecule has 2 aliphatic carbocycles. The van der Waals surface area contributed by atoms with Crippen molar-refractivity contribution in [3.05, 3.63) is 0 Å². The number of nitrogens with one attached hydrogen (secondary N) is 1. The molecule has 0 saturated heterocycles. The van der Waals surface area contributed by atoms with E-state index in [1.165, 1.54) is 51.5 Å². The van der Waals surface area contributed by atoms with E-state index in [9.17, 15) is 0 Å². The smallest absolute Gasteiger partial charge is 0.0126 e. The molecule has 0 aromatic heterocycles. The van der Waals surface area contributed by atoms with Crippen LogP contribution in [0.4, 0.5) is 0 Å². The van der Waals surface area contributed by atoms with Crippen molar-refractivity contribution in [3.63, 3.8) is 0 Å². The fraction of sp³-hybridized carbons (Fsp3) is 1.00. The van der Waals surface area contributed by atoms with Gasteiger partial charge in [-0.05, 0) is 50.0 Å². The molecule has 1 heteroatoms. The third-order valence-electron chi connectivity index (χ3n) is 4.68. The first-order chi connectivity index (χ1) is 7.33. The highest BCUT2D eigenvalue weighted by Gasteiger charge is 2.37. The maximum atomic E-state index is 3.84. The van der Waals surface area contributed by atoms with E-state index in [-0.39, 0.29) is 0 Å². The molecule has 0 aromatic rings. The van der Waals surface area contributed by atoms with Crippen LogP contribution in [-0.4, -0.2) is 12.6 Å². The van der Waals surface area contributed by atoms with E-state index in [0.717, 1.165) is 23.8 Å². The molecular weight excluding hydrogens is 182 g/mol. The molecule has 2 saturated carbocycles. The Morgan fingerprint density at radius 2 is 1.87 bits per heavy atom. The summed E-state index contributed by atoms with van der Waals surface area (Å²) in [6.45, 7) is 5.98. The second kappa shape index (κ2) is 5.34. The summed E-state index contributed by atoms with van der Waals surface area (Å²) >= 11 is 0. The predicted octanol–water partition coefficient (Wildman–Crippen LogP) is 3.59. The molecule has 3 unspecified atom stereocenters. The second-order valence-electron chi connectivity index (χ2n) is 5.74. The van der Waals surface area contributed by atoms with Gasteiger partial charge < -0.3 is 5.32 Å². The highest BCUT2D eigenvalue weighted by atomic mass is 14.9. The molecule has 0 bridgehead atoms. The Hall–Kier alpha value is -0.0400. The van der Waals surface area contributed by atoms with E-state index in [4.69, 9.17) is 0 Å². The van der Waals surface area contributed by atoms with Crippen LogP contribution in [-0.2, 0) is 0 Å². The van der Waals surface area contributed by atoms with Gasteiger partial charge in [-0.15, -0.1) is 0 Å². The summed E-state index contributed by atoms with van der Waals surface area (Å²) in [6, 6.07) is 0.858. The molecule has 0 radical (unpaired) electrons. The molecule has 0 aliphatic heterocycles. The minimum atomic E-state index is 0.858. The van der Waals surface area contributed by atoms with Gasteiger partial charge in [-0.3, -0.25) is 0 Å². The van der Waals surface area contributed by atoms with Crippen molar-refractivity contribution in [2.75, 3.05) is 6.54 Å². The zero-order chi connectivity index (χ0) is 10.7. The van der Waals surface area contributed by atoms with Crippen molar-refractivity contribution >= 4 is 0 Å². The van der Waals surface area contributed by atoms with E-state index in [1.54, 1.807) is 0 Å². The van der Waals surface area contributed by atoms with Gasteiger partial charge in [0, 0.05) is 6.04 Å². The monoisotopic (exact) mass is 209 g/mol. The number of hydrogen-bond acceptors (Lipinski definition) is 1. The van der Waals surface area contributed by atoms with Gasteiger partial charge >= 0.3 is 0 Å². The van der Waals surface area contributed by atoms with Gasteiger partial charge in [-0.1, -0.05) is 33.1 Å². The van der Waals surface area contributed by atoms with Crippen molar-refractivity contribution in [1.29, 1.82) is 0 Å². The quantitative estimate of drug-likeness (QED) is 0.729. The molecule has 0 aromatic carbocycles. The zero-order valence-electron chi connectivity index (χ0n) is 10.5. The van der Waals surface area contributed by atoms with Crippen LogP contribution in [0.5, 0.6) is 0 Å². The van der Waals surface area contributed by atoms with Gasteiger partial charge in [-0.2, -0.15) is 0 Å². The van der Waals surface area contributed by atoms with Crippen LogP contribution in [0.25, 0.3) is 0 Å². The van der Waals surface area contributed by atoms with Crippen molar-refractivity contribution in [2.24, 2.45) is 17.8 Å². The molecule has 1 nitrogen and oxygen atoms in total. The van der Waals surface area contributed by atoms with Crippen molar-refractivity contribution < 1.29 is 0 Å². The van der Waals surface area contributed by atoms with Crippen LogP contribution in [0.15, 0.2) is 0 Å². The second-order valence-corrected chi connectivity index (χ2v) is 5.74. The number of hydrogen-bond donors (Lipinski definition) is 1. The first-order valence-corrected chi connectivity index (χ1v) is 7.06. The third kappa shape index (κ3) is 2.55. The first-order valence-electron chi connectivity index (χ1n) is 7.06. The zero-order valence-corrected chi connectivity index (χ0v) is 10.5. The molecule has 3 atom stereocenters. The van der Waals surface area contributed by atoms with E-state index >= 15 is 0 Å². The normalized spacial score (nSPS) is 34.0. The van der Waals surface area contributed by atoms with Gasteiger partial charge in [0.05, 0.1) is 0 Å². The van der Waals surface area contributed by atoms with E-state index in [0.29, 0.717) is 0 Å². The molecule has 2 aliphatic rings. The summed E-state index contributed by atoms with van der Waals surface area (Å²) in [5.74, 6) is 2.98. The Labute approximate surface area is 95.0 Å². The molecule has 0 spiro atoms. The molecule has 0 amide bonds. The number of rotatable bonds is 5. The highest BCUT2D eigenvalue weighted by molar-refractivity contribution is 4.92. The summed E-state index contributed by atoms with van der Waals surface area (Å²) in [7, 11) is 0. The Morgan fingerprint density at radius 1 is 1.13 bits per heavy atom. The third-order valence-corrected chi connectivity index (χ3v) is 4.68. The Bertz CT molecular complexity index is 186. The molecule has 15 heavy (non-hydrogen) atoms. The van der Waals surface area contributed by atoms with Crippen LogP contribution >= 0.6 is 0 Å². The van der Waals surface area contributed by atoms with E-state index in [1.807, 2.05) is 0 Å². The van der Waals surface area contributed by atoms with E-state index < -0.39 is 0 Å². The van der Waals surface area contributed by atoms with Gasteiger partial charge in [-0.25, -0.2) is 0 Å². The Kier molecular flexibility index (Phi) is 4.07. The van der Waals surface area contributed by atoms with Crippen LogP contribution in [0.1, 0.15) is 58.8 Å². The first kappa shape index (κ1) is 11.4. The molecule has 1 N–H and O–H groups in total. The summed E-state index contributed by atoms with van der Waals surface area (Å²) in [5.41, 5.74) is 0. The average Bonchev–Trinajstić information content (AvgIpc) is 2.55. The Balaban J connectivity index is 1.90. The van der Waals surface area contributed by atoms with Crippen LogP contribution in [0, 0.1) is 17.8 Å². The fourth-order valence-corrected chi connectivity index (χ4v) is 3.49. The van der Waals surface area contributed by atoms with Gasteiger partial charge in [0.2, 0.25) is 0 Å². The lowest BCUT2D eigenvalue weighted by Crippen LogP contribution is -2.46. The molecule has 2 rings (SSSR count). The lowest BCUT2D eigenvalue weighted by Gasteiger charge is -2.39. The largest absolute Gasteiger partial charge is 0.313 e. The molecular formula is C14H27N. The minimum absolute atomic E-state index is 0.858. The van der Waals surface area contributed by atoms with Crippen LogP contribution in [0.3, 0.4) is 0 Å².